The molecule has 0 amide bonds. The molecule has 4 N–H and O–H groups in total. The first kappa shape index (κ1) is 24.6. The first-order chi connectivity index (χ1) is 17.4. The Morgan fingerprint density at radius 3 is 2.67 bits per heavy atom. The maximum Gasteiger partial charge on any atom is 0.306 e. The van der Waals surface area contributed by atoms with Crippen molar-refractivity contribution in [2.45, 2.75) is 57.2 Å². The molecule has 1 saturated carbocycles. The number of rotatable bonds is 7. The number of piperidine rings is 1. The number of aromatic nitrogens is 3. The van der Waals surface area contributed by atoms with Gasteiger partial charge in [0, 0.05) is 18.5 Å². The minimum absolute atomic E-state index is 0.208. The maximum atomic E-state index is 11.3. The van der Waals surface area contributed by atoms with Gasteiger partial charge in [-0.1, -0.05) is 0 Å². The molecule has 9 nitrogen and oxygen atoms in total. The molecule has 190 valence electrons. The van der Waals surface area contributed by atoms with Crippen molar-refractivity contribution in [2.24, 2.45) is 5.92 Å². The number of anilines is 2. The second-order valence-electron chi connectivity index (χ2n) is 9.66. The first-order valence-corrected chi connectivity index (χ1v) is 13.2. The number of thiazole rings is 1. The topological polar surface area (TPSA) is 129 Å². The highest BCUT2D eigenvalue weighted by atomic mass is 32.1. The highest BCUT2D eigenvalue weighted by molar-refractivity contribution is 7.15. The second kappa shape index (κ2) is 10.5. The van der Waals surface area contributed by atoms with Crippen LogP contribution in [0.2, 0.25) is 0 Å². The lowest BCUT2D eigenvalue weighted by molar-refractivity contribution is -0.145. The lowest BCUT2D eigenvalue weighted by Crippen LogP contribution is -2.34. The van der Waals surface area contributed by atoms with E-state index in [9.17, 15) is 15.0 Å². The summed E-state index contributed by atoms with van der Waals surface area (Å²) in [7, 11) is 0. The van der Waals surface area contributed by atoms with Crippen LogP contribution in [0.5, 0.6) is 5.75 Å². The third kappa shape index (κ3) is 5.66. The van der Waals surface area contributed by atoms with Crippen LogP contribution >= 0.6 is 11.3 Å². The molecule has 1 saturated heterocycles. The van der Waals surface area contributed by atoms with E-state index in [1.165, 1.54) is 11.3 Å². The normalized spacial score (nSPS) is 22.8. The highest BCUT2D eigenvalue weighted by Gasteiger charge is 2.39. The van der Waals surface area contributed by atoms with E-state index in [-0.39, 0.29) is 6.10 Å². The van der Waals surface area contributed by atoms with E-state index in [2.05, 4.69) is 20.6 Å². The number of nitrogens with one attached hydrogen (secondary N) is 2. The molecule has 10 heteroatoms. The highest BCUT2D eigenvalue weighted by Crippen LogP contribution is 2.42. The predicted molar refractivity (Wildman–Crippen MR) is 138 cm³/mol. The minimum atomic E-state index is -1.08. The summed E-state index contributed by atoms with van der Waals surface area (Å²) in [6.45, 7) is 3.94. The van der Waals surface area contributed by atoms with Gasteiger partial charge >= 0.3 is 5.97 Å². The van der Waals surface area contributed by atoms with E-state index >= 15 is 0 Å². The molecule has 0 aromatic carbocycles. The average Bonchev–Trinajstić information content (AvgIpc) is 3.36. The van der Waals surface area contributed by atoms with Gasteiger partial charge in [0.05, 0.1) is 16.5 Å². The van der Waals surface area contributed by atoms with Crippen LogP contribution in [-0.2, 0) is 10.4 Å². The molecule has 3 aromatic rings. The summed E-state index contributed by atoms with van der Waals surface area (Å²) in [5, 5.41) is 27.7. The van der Waals surface area contributed by atoms with Crippen molar-refractivity contribution in [1.29, 1.82) is 0 Å². The number of carboxylic acid groups (broad SMARTS) is 1. The molecule has 5 rings (SSSR count). The molecule has 1 aliphatic carbocycles. The van der Waals surface area contributed by atoms with Gasteiger partial charge in [-0.3, -0.25) is 4.79 Å². The molecule has 0 bridgehead atoms. The van der Waals surface area contributed by atoms with Gasteiger partial charge < -0.3 is 25.6 Å². The van der Waals surface area contributed by atoms with Crippen molar-refractivity contribution in [3.05, 3.63) is 47.2 Å². The van der Waals surface area contributed by atoms with E-state index in [0.29, 0.717) is 42.3 Å². The average molecular weight is 510 g/mol. The number of hydrogen-bond donors (Lipinski definition) is 4. The number of aryl methyl sites for hydroxylation is 1. The van der Waals surface area contributed by atoms with Gasteiger partial charge in [-0.25, -0.2) is 15.0 Å². The van der Waals surface area contributed by atoms with Gasteiger partial charge in [-0.2, -0.15) is 0 Å². The third-order valence-electron chi connectivity index (χ3n) is 6.86. The zero-order valence-electron chi connectivity index (χ0n) is 20.2. The fourth-order valence-electron chi connectivity index (χ4n) is 4.81. The van der Waals surface area contributed by atoms with Gasteiger partial charge in [0.25, 0.3) is 0 Å². The van der Waals surface area contributed by atoms with Gasteiger partial charge in [0.1, 0.15) is 34.1 Å². The second-order valence-corrected chi connectivity index (χ2v) is 10.7. The molecule has 1 aliphatic heterocycles. The van der Waals surface area contributed by atoms with E-state index < -0.39 is 17.5 Å². The van der Waals surface area contributed by atoms with E-state index in [4.69, 9.17) is 9.72 Å². The third-order valence-corrected chi connectivity index (χ3v) is 8.08. The van der Waals surface area contributed by atoms with Crippen LogP contribution in [0, 0.1) is 12.8 Å². The molecule has 2 aliphatic rings. The molecule has 0 spiro atoms. The minimum Gasteiger partial charge on any atom is -0.490 e. The summed E-state index contributed by atoms with van der Waals surface area (Å²) in [5.41, 5.74) is 0.699. The number of aliphatic carboxylic acids is 1. The summed E-state index contributed by atoms with van der Waals surface area (Å²) in [6.07, 6.45) is 7.33. The zero-order valence-corrected chi connectivity index (χ0v) is 21.1. The van der Waals surface area contributed by atoms with Gasteiger partial charge in [-0.15, -0.1) is 11.3 Å². The summed E-state index contributed by atoms with van der Waals surface area (Å²) < 4.78 is 6.14. The van der Waals surface area contributed by atoms with Crippen LogP contribution in [0.4, 0.5) is 11.6 Å². The number of pyridine rings is 2. The van der Waals surface area contributed by atoms with E-state index in [1.807, 2.05) is 31.2 Å². The van der Waals surface area contributed by atoms with Crippen LogP contribution in [0.15, 0.2) is 36.7 Å². The lowest BCUT2D eigenvalue weighted by Gasteiger charge is -2.32. The quantitative estimate of drug-likeness (QED) is 0.369. The Bertz CT molecular complexity index is 1220. The lowest BCUT2D eigenvalue weighted by atomic mass is 9.79. The summed E-state index contributed by atoms with van der Waals surface area (Å²) in [5.74, 6) is 0.907. The van der Waals surface area contributed by atoms with Gasteiger partial charge in [0.2, 0.25) is 0 Å². The molecule has 0 radical (unpaired) electrons. The van der Waals surface area contributed by atoms with E-state index in [0.717, 1.165) is 47.8 Å². The number of hydrogen-bond acceptors (Lipinski definition) is 9. The molecular weight excluding hydrogens is 478 g/mol. The van der Waals surface area contributed by atoms with Crippen molar-refractivity contribution in [2.75, 3.05) is 18.4 Å². The molecule has 0 atom stereocenters. The van der Waals surface area contributed by atoms with Crippen LogP contribution in [0.25, 0.3) is 10.6 Å². The molecule has 36 heavy (non-hydrogen) atoms. The number of ether oxygens (including phenoxy) is 1. The van der Waals surface area contributed by atoms with E-state index in [1.54, 1.807) is 12.4 Å². The Hall–Kier alpha value is -3.08. The SMILES string of the molecule is Cc1cc(Nc2cc(OC3CCNCC3)ccn2)nc(-c2cnc([C@]3(O)CC[C@@H](C(=O)O)CC3)s2)c1. The maximum absolute atomic E-state index is 11.3. The Morgan fingerprint density at radius 2 is 1.92 bits per heavy atom. The van der Waals surface area contributed by atoms with Gasteiger partial charge in [0.15, 0.2) is 0 Å². The van der Waals surface area contributed by atoms with Crippen molar-refractivity contribution >= 4 is 28.9 Å². The number of nitrogens with zero attached hydrogens (tertiary/aromatic N) is 3. The smallest absolute Gasteiger partial charge is 0.306 e. The molecule has 3 aromatic heterocycles. The molecular formula is C26H31N5O4S. The Morgan fingerprint density at radius 1 is 1.14 bits per heavy atom. The number of aliphatic hydroxyl groups is 1. The standard InChI is InChI=1S/C26H31N5O4S/c1-16-12-20(21-15-29-25(36-21)26(34)7-2-17(3-8-26)24(32)33)30-23(13-16)31-22-14-19(6-11-28-22)35-18-4-9-27-10-5-18/h6,11-15,17-18,27,34H,2-5,7-10H2,1H3,(H,32,33)(H,28,30,31)/t17-,26+. The Balaban J connectivity index is 1.30. The zero-order chi connectivity index (χ0) is 25.1. The molecule has 0 unspecified atom stereocenters. The molecule has 2 fully saturated rings. The van der Waals surface area contributed by atoms with Crippen LogP contribution in [0.3, 0.4) is 0 Å². The first-order valence-electron chi connectivity index (χ1n) is 12.4. The fourth-order valence-corrected chi connectivity index (χ4v) is 5.83. The van der Waals surface area contributed by atoms with Crippen molar-refractivity contribution in [3.63, 3.8) is 0 Å². The summed E-state index contributed by atoms with van der Waals surface area (Å²) in [4.78, 5) is 25.8. The monoisotopic (exact) mass is 509 g/mol. The summed E-state index contributed by atoms with van der Waals surface area (Å²) >= 11 is 1.41. The Kier molecular flexibility index (Phi) is 7.17. The van der Waals surface area contributed by atoms with Crippen LogP contribution in [-0.4, -0.2) is 50.3 Å². The Labute approximate surface area is 214 Å². The van der Waals surface area contributed by atoms with Crippen molar-refractivity contribution in [3.8, 4) is 16.3 Å². The van der Waals surface area contributed by atoms with Crippen molar-refractivity contribution in [1.82, 2.24) is 20.3 Å². The largest absolute Gasteiger partial charge is 0.490 e. The number of carbonyl (C=O) groups is 1. The van der Waals surface area contributed by atoms with Gasteiger partial charge in [-0.05, 0) is 82.3 Å². The summed E-state index contributed by atoms with van der Waals surface area (Å²) in [6, 6.07) is 7.70. The number of carboxylic acids is 1. The van der Waals surface area contributed by atoms with Crippen molar-refractivity contribution < 1.29 is 19.7 Å². The van der Waals surface area contributed by atoms with Crippen LogP contribution in [0.1, 0.15) is 49.1 Å². The predicted octanol–water partition coefficient (Wildman–Crippen LogP) is 4.25. The molecule has 4 heterocycles. The fraction of sp³-hybridized carbons (Fsp3) is 0.462. The van der Waals surface area contributed by atoms with Crippen LogP contribution < -0.4 is 15.4 Å².